The lowest BCUT2D eigenvalue weighted by molar-refractivity contribution is 0.100. The van der Waals surface area contributed by atoms with Crippen molar-refractivity contribution >= 4 is 29.5 Å². The van der Waals surface area contributed by atoms with E-state index >= 15 is 0 Å². The van der Waals surface area contributed by atoms with Gasteiger partial charge in [0.15, 0.2) is 5.82 Å². The van der Waals surface area contributed by atoms with Gasteiger partial charge in [-0.05, 0) is 47.5 Å². The van der Waals surface area contributed by atoms with E-state index in [9.17, 15) is 4.79 Å². The molecule has 3 aromatic rings. The number of aromatic nitrogens is 2. The Balaban J connectivity index is 1.85. The molecule has 3 N–H and O–H groups in total. The molecule has 6 nitrogen and oxygen atoms in total. The number of hydrogen-bond donors (Lipinski definition) is 2. The van der Waals surface area contributed by atoms with E-state index in [1.165, 1.54) is 0 Å². The molecule has 1 amide bonds. The van der Waals surface area contributed by atoms with E-state index < -0.39 is 5.91 Å². The summed E-state index contributed by atoms with van der Waals surface area (Å²) in [6.07, 6.45) is 2.09. The third-order valence-corrected chi connectivity index (χ3v) is 4.07. The summed E-state index contributed by atoms with van der Waals surface area (Å²) in [7, 11) is 1.61. The number of hydrogen-bond acceptors (Lipinski definition) is 4. The van der Waals surface area contributed by atoms with Gasteiger partial charge in [0.1, 0.15) is 11.3 Å². The fourth-order valence-corrected chi connectivity index (χ4v) is 2.61. The zero-order chi connectivity index (χ0) is 18.5. The molecule has 0 radical (unpaired) electrons. The first kappa shape index (κ1) is 17.7. The summed E-state index contributed by atoms with van der Waals surface area (Å²) in [4.78, 5) is 16.2. The Morgan fingerprint density at radius 2 is 1.92 bits per heavy atom. The van der Waals surface area contributed by atoms with Gasteiger partial charge in [-0.3, -0.25) is 9.89 Å². The predicted octanol–water partition coefficient (Wildman–Crippen LogP) is 3.51. The smallest absolute Gasteiger partial charge is 0.254 e. The van der Waals surface area contributed by atoms with Crippen molar-refractivity contribution in [2.45, 2.75) is 6.42 Å². The largest absolute Gasteiger partial charge is 0.497 e. The number of carbonyl (C=O) groups excluding carboxylic acids is 1. The Kier molecular flexibility index (Phi) is 5.34. The maximum Gasteiger partial charge on any atom is 0.254 e. The number of benzene rings is 2. The number of aromatic amines is 1. The van der Waals surface area contributed by atoms with Crippen LogP contribution in [0.15, 0.2) is 53.5 Å². The molecule has 0 aliphatic heterocycles. The van der Waals surface area contributed by atoms with Crippen molar-refractivity contribution in [1.29, 1.82) is 0 Å². The van der Waals surface area contributed by atoms with Gasteiger partial charge in [-0.1, -0.05) is 23.7 Å². The highest BCUT2D eigenvalue weighted by molar-refractivity contribution is 6.30. The van der Waals surface area contributed by atoms with Crippen LogP contribution in [0.25, 0.3) is 0 Å². The van der Waals surface area contributed by atoms with Gasteiger partial charge in [0, 0.05) is 17.7 Å². The third-order valence-electron chi connectivity index (χ3n) is 3.81. The van der Waals surface area contributed by atoms with E-state index in [1.807, 2.05) is 36.4 Å². The van der Waals surface area contributed by atoms with Crippen molar-refractivity contribution in [2.75, 3.05) is 7.11 Å². The monoisotopic (exact) mass is 368 g/mol. The van der Waals surface area contributed by atoms with Crippen LogP contribution >= 0.6 is 11.6 Å². The Hall–Kier alpha value is -3.12. The first-order valence-corrected chi connectivity index (χ1v) is 8.24. The van der Waals surface area contributed by atoms with Crippen LogP contribution in [-0.2, 0) is 6.42 Å². The quantitative estimate of drug-likeness (QED) is 0.652. The van der Waals surface area contributed by atoms with Gasteiger partial charge in [0.2, 0.25) is 0 Å². The van der Waals surface area contributed by atoms with Gasteiger partial charge in [-0.25, -0.2) is 4.99 Å². The van der Waals surface area contributed by atoms with E-state index in [1.54, 1.807) is 25.5 Å². The molecule has 2 aromatic carbocycles. The average Bonchev–Trinajstić information content (AvgIpc) is 3.05. The lowest BCUT2D eigenvalue weighted by atomic mass is 10.1. The molecular weight excluding hydrogens is 352 g/mol. The number of ether oxygens (including phenoxy) is 1. The molecule has 26 heavy (non-hydrogen) atoms. The van der Waals surface area contributed by atoms with Crippen LogP contribution in [0.4, 0.5) is 5.82 Å². The molecule has 1 aromatic heterocycles. The molecule has 0 saturated carbocycles. The molecule has 7 heteroatoms. The van der Waals surface area contributed by atoms with Gasteiger partial charge < -0.3 is 10.5 Å². The summed E-state index contributed by atoms with van der Waals surface area (Å²) in [6.45, 7) is 0. The van der Waals surface area contributed by atoms with Crippen LogP contribution in [0.1, 0.15) is 27.2 Å². The topological polar surface area (TPSA) is 93.4 Å². The summed E-state index contributed by atoms with van der Waals surface area (Å²) in [6, 6.07) is 14.7. The second-order valence-electron chi connectivity index (χ2n) is 5.60. The molecular formula is C19H17ClN4O2. The van der Waals surface area contributed by atoms with Crippen LogP contribution in [0.5, 0.6) is 5.75 Å². The maximum atomic E-state index is 11.9. The van der Waals surface area contributed by atoms with Crippen molar-refractivity contribution in [3.63, 3.8) is 0 Å². The molecule has 1 heterocycles. The summed E-state index contributed by atoms with van der Waals surface area (Å²) < 4.78 is 5.12. The fourth-order valence-electron chi connectivity index (χ4n) is 2.48. The van der Waals surface area contributed by atoms with Crippen LogP contribution in [0, 0.1) is 0 Å². The number of nitrogens with one attached hydrogen (secondary N) is 1. The number of aliphatic imine (C=N–C) groups is 1. The number of nitrogens with zero attached hydrogens (tertiary/aromatic N) is 2. The van der Waals surface area contributed by atoms with Crippen LogP contribution in [0.3, 0.4) is 0 Å². The number of rotatable bonds is 6. The minimum absolute atomic E-state index is 0.261. The van der Waals surface area contributed by atoms with Gasteiger partial charge >= 0.3 is 0 Å². The summed E-state index contributed by atoms with van der Waals surface area (Å²) >= 11 is 5.90. The standard InChI is InChI=1S/C19H17ClN4O2/c1-26-15-8-4-13(5-9-15)11-22-19-17(18(21)25)16(23-24-19)10-12-2-6-14(20)7-3-12/h2-9,11H,10H2,1H3,(H2,21,25)(H,23,24). The van der Waals surface area contributed by atoms with Crippen molar-refractivity contribution in [3.8, 4) is 5.75 Å². The lowest BCUT2D eigenvalue weighted by Gasteiger charge is -2.02. The van der Waals surface area contributed by atoms with Gasteiger partial charge in [0.25, 0.3) is 5.91 Å². The van der Waals surface area contributed by atoms with Crippen molar-refractivity contribution in [2.24, 2.45) is 10.7 Å². The molecule has 0 bridgehead atoms. The first-order chi connectivity index (χ1) is 12.6. The number of halogens is 1. The lowest BCUT2D eigenvalue weighted by Crippen LogP contribution is -2.13. The zero-order valence-electron chi connectivity index (χ0n) is 14.1. The number of nitrogens with two attached hydrogens (primary N) is 1. The molecule has 0 saturated heterocycles. The summed E-state index contributed by atoms with van der Waals surface area (Å²) in [5, 5.41) is 7.63. The van der Waals surface area contributed by atoms with E-state index in [0.717, 1.165) is 16.9 Å². The average molecular weight is 369 g/mol. The Morgan fingerprint density at radius 3 is 2.54 bits per heavy atom. The number of primary amides is 1. The normalized spacial score (nSPS) is 11.0. The molecule has 0 atom stereocenters. The van der Waals surface area contributed by atoms with E-state index in [0.29, 0.717) is 17.1 Å². The van der Waals surface area contributed by atoms with E-state index in [-0.39, 0.29) is 11.4 Å². The molecule has 0 aliphatic carbocycles. The number of carbonyl (C=O) groups is 1. The van der Waals surface area contributed by atoms with Crippen molar-refractivity contribution in [1.82, 2.24) is 10.2 Å². The molecule has 0 fully saturated rings. The second kappa shape index (κ2) is 7.84. The molecule has 0 aliphatic rings. The minimum atomic E-state index is -0.579. The molecule has 3 rings (SSSR count). The van der Waals surface area contributed by atoms with E-state index in [2.05, 4.69) is 15.2 Å². The zero-order valence-corrected chi connectivity index (χ0v) is 14.8. The fraction of sp³-hybridized carbons (Fsp3) is 0.105. The summed E-state index contributed by atoms with van der Waals surface area (Å²) in [5.41, 5.74) is 8.26. The predicted molar refractivity (Wildman–Crippen MR) is 102 cm³/mol. The highest BCUT2D eigenvalue weighted by atomic mass is 35.5. The maximum absolute atomic E-state index is 11.9. The highest BCUT2D eigenvalue weighted by Gasteiger charge is 2.17. The Morgan fingerprint density at radius 1 is 1.23 bits per heavy atom. The first-order valence-electron chi connectivity index (χ1n) is 7.86. The van der Waals surface area contributed by atoms with Gasteiger partial charge in [-0.15, -0.1) is 0 Å². The molecule has 132 valence electrons. The van der Waals surface area contributed by atoms with Crippen molar-refractivity contribution in [3.05, 3.63) is 75.9 Å². The SMILES string of the molecule is COc1ccc(C=Nc2n[nH]c(Cc3ccc(Cl)cc3)c2C(N)=O)cc1. The summed E-state index contributed by atoms with van der Waals surface area (Å²) in [5.74, 6) is 0.437. The van der Waals surface area contributed by atoms with E-state index in [4.69, 9.17) is 22.1 Å². The Labute approximate surface area is 155 Å². The number of amides is 1. The van der Waals surface area contributed by atoms with Gasteiger partial charge in [-0.2, -0.15) is 5.10 Å². The van der Waals surface area contributed by atoms with Crippen LogP contribution in [0.2, 0.25) is 5.02 Å². The number of H-pyrrole nitrogens is 1. The molecule has 0 spiro atoms. The number of methoxy groups -OCH3 is 1. The van der Waals surface area contributed by atoms with Crippen molar-refractivity contribution < 1.29 is 9.53 Å². The minimum Gasteiger partial charge on any atom is -0.497 e. The third kappa shape index (κ3) is 4.10. The van der Waals surface area contributed by atoms with Gasteiger partial charge in [0.05, 0.1) is 12.8 Å². The van der Waals surface area contributed by atoms with Crippen LogP contribution in [-0.4, -0.2) is 29.4 Å². The Bertz CT molecular complexity index is 931. The second-order valence-corrected chi connectivity index (χ2v) is 6.04. The highest BCUT2D eigenvalue weighted by Crippen LogP contribution is 2.22. The van der Waals surface area contributed by atoms with Crippen LogP contribution < -0.4 is 10.5 Å². The molecule has 0 unspecified atom stereocenters.